The van der Waals surface area contributed by atoms with Gasteiger partial charge in [0.05, 0.1) is 4.99 Å². The van der Waals surface area contributed by atoms with Gasteiger partial charge in [-0.3, -0.25) is 0 Å². The quantitative estimate of drug-likeness (QED) is 0.832. The third kappa shape index (κ3) is 3.50. The largest absolute Gasteiger partial charge is 0.392 e. The Morgan fingerprint density at radius 1 is 1.24 bits per heavy atom. The van der Waals surface area contributed by atoms with Gasteiger partial charge in [0, 0.05) is 31.9 Å². The number of hydrogen-bond donors (Lipinski definition) is 1. The standard InChI is InChI=1S/C13H18FN3O2S2/c1-10(13(15)20)21(18,19)17-8-6-16(7-9-17)12-4-2-11(14)3-5-12/h2-5,10H,6-9H2,1H3,(H2,15,20). The molecule has 2 N–H and O–H groups in total. The van der Waals surface area contributed by atoms with Crippen molar-refractivity contribution in [2.24, 2.45) is 5.73 Å². The second kappa shape index (κ2) is 6.25. The molecule has 5 nitrogen and oxygen atoms in total. The van der Waals surface area contributed by atoms with E-state index in [9.17, 15) is 12.8 Å². The average molecular weight is 331 g/mol. The van der Waals surface area contributed by atoms with E-state index in [1.54, 1.807) is 12.1 Å². The summed E-state index contributed by atoms with van der Waals surface area (Å²) in [4.78, 5) is 2.01. The number of nitrogens with two attached hydrogens (primary N) is 1. The van der Waals surface area contributed by atoms with Crippen LogP contribution in [0.4, 0.5) is 10.1 Å². The van der Waals surface area contributed by atoms with Crippen LogP contribution in [0.2, 0.25) is 0 Å². The number of benzene rings is 1. The van der Waals surface area contributed by atoms with Gasteiger partial charge in [0.15, 0.2) is 0 Å². The van der Waals surface area contributed by atoms with Gasteiger partial charge in [-0.2, -0.15) is 4.31 Å². The molecular weight excluding hydrogens is 313 g/mol. The summed E-state index contributed by atoms with van der Waals surface area (Å²) in [5.74, 6) is -0.287. The van der Waals surface area contributed by atoms with E-state index in [0.29, 0.717) is 26.2 Å². The molecule has 116 valence electrons. The molecule has 0 saturated carbocycles. The lowest BCUT2D eigenvalue weighted by Gasteiger charge is -2.36. The first kappa shape index (κ1) is 16.1. The highest BCUT2D eigenvalue weighted by atomic mass is 32.2. The third-order valence-electron chi connectivity index (χ3n) is 3.64. The van der Waals surface area contributed by atoms with Crippen LogP contribution in [0.15, 0.2) is 24.3 Å². The first-order valence-electron chi connectivity index (χ1n) is 6.61. The van der Waals surface area contributed by atoms with E-state index in [2.05, 4.69) is 0 Å². The second-order valence-electron chi connectivity index (χ2n) is 4.95. The summed E-state index contributed by atoms with van der Waals surface area (Å²) in [5, 5.41) is -0.857. The van der Waals surface area contributed by atoms with Crippen LogP contribution in [0, 0.1) is 5.82 Å². The van der Waals surface area contributed by atoms with Crippen molar-refractivity contribution in [2.75, 3.05) is 31.1 Å². The van der Waals surface area contributed by atoms with Gasteiger partial charge in [-0.1, -0.05) is 12.2 Å². The summed E-state index contributed by atoms with van der Waals surface area (Å²) in [6.45, 7) is 3.34. The predicted molar refractivity (Wildman–Crippen MR) is 85.4 cm³/mol. The van der Waals surface area contributed by atoms with Gasteiger partial charge in [-0.05, 0) is 31.2 Å². The van der Waals surface area contributed by atoms with Gasteiger partial charge in [0.1, 0.15) is 11.1 Å². The van der Waals surface area contributed by atoms with Crippen LogP contribution in [0.25, 0.3) is 0 Å². The Balaban J connectivity index is 2.03. The van der Waals surface area contributed by atoms with Gasteiger partial charge in [0.2, 0.25) is 10.0 Å². The molecule has 0 aromatic heterocycles. The zero-order valence-electron chi connectivity index (χ0n) is 11.7. The lowest BCUT2D eigenvalue weighted by Crippen LogP contribution is -2.52. The van der Waals surface area contributed by atoms with Crippen LogP contribution in [0.1, 0.15) is 6.92 Å². The van der Waals surface area contributed by atoms with E-state index in [0.717, 1.165) is 5.69 Å². The first-order chi connectivity index (χ1) is 9.82. The molecule has 1 aliphatic heterocycles. The summed E-state index contributed by atoms with van der Waals surface area (Å²) in [6.07, 6.45) is 0. The topological polar surface area (TPSA) is 66.6 Å². The number of nitrogens with zero attached hydrogens (tertiary/aromatic N) is 2. The second-order valence-corrected chi connectivity index (χ2v) is 7.68. The van der Waals surface area contributed by atoms with E-state index < -0.39 is 15.3 Å². The van der Waals surface area contributed by atoms with Crippen LogP contribution in [-0.2, 0) is 10.0 Å². The molecule has 1 aliphatic rings. The highest BCUT2D eigenvalue weighted by Gasteiger charge is 2.33. The minimum absolute atomic E-state index is 0.0176. The van der Waals surface area contributed by atoms with Crippen LogP contribution in [0.3, 0.4) is 0 Å². The summed E-state index contributed by atoms with van der Waals surface area (Å²) < 4.78 is 38.9. The normalized spacial score (nSPS) is 18.5. The maximum atomic E-state index is 12.9. The number of halogens is 1. The summed E-state index contributed by atoms with van der Waals surface area (Å²) in [5.41, 5.74) is 6.33. The lowest BCUT2D eigenvalue weighted by molar-refractivity contribution is 0.383. The molecule has 21 heavy (non-hydrogen) atoms. The van der Waals surface area contributed by atoms with Gasteiger partial charge >= 0.3 is 0 Å². The number of piperazine rings is 1. The number of anilines is 1. The molecule has 1 unspecified atom stereocenters. The molecule has 0 spiro atoms. The van der Waals surface area contributed by atoms with E-state index in [1.165, 1.54) is 23.4 Å². The Morgan fingerprint density at radius 2 is 1.76 bits per heavy atom. The SMILES string of the molecule is CC(C(N)=S)S(=O)(=O)N1CCN(c2ccc(F)cc2)CC1. The van der Waals surface area contributed by atoms with Crippen LogP contribution in [0.5, 0.6) is 0 Å². The molecule has 1 heterocycles. The van der Waals surface area contributed by atoms with Gasteiger partial charge in [0.25, 0.3) is 0 Å². The van der Waals surface area contributed by atoms with Crippen molar-refractivity contribution in [1.29, 1.82) is 0 Å². The summed E-state index contributed by atoms with van der Waals surface area (Å²) >= 11 is 4.77. The Kier molecular flexibility index (Phi) is 4.80. The number of rotatable bonds is 4. The molecule has 1 aromatic rings. The number of thiocarbonyl (C=S) groups is 1. The van der Waals surface area contributed by atoms with Crippen LogP contribution < -0.4 is 10.6 Å². The average Bonchev–Trinajstić information content (AvgIpc) is 2.47. The zero-order chi connectivity index (χ0) is 15.6. The van der Waals surface area contributed by atoms with E-state index in [1.807, 2.05) is 4.90 Å². The maximum absolute atomic E-state index is 12.9. The Hall–Kier alpha value is -1.25. The highest BCUT2D eigenvalue weighted by Crippen LogP contribution is 2.19. The summed E-state index contributed by atoms with van der Waals surface area (Å²) in [6, 6.07) is 6.18. The molecule has 0 bridgehead atoms. The monoisotopic (exact) mass is 331 g/mol. The van der Waals surface area contributed by atoms with E-state index in [4.69, 9.17) is 18.0 Å². The smallest absolute Gasteiger partial charge is 0.223 e. The third-order valence-corrected chi connectivity index (χ3v) is 6.37. The van der Waals surface area contributed by atoms with E-state index in [-0.39, 0.29) is 10.8 Å². The molecule has 0 aliphatic carbocycles. The maximum Gasteiger partial charge on any atom is 0.223 e. The molecule has 1 aromatic carbocycles. The molecule has 1 fully saturated rings. The first-order valence-corrected chi connectivity index (χ1v) is 8.52. The fraction of sp³-hybridized carbons (Fsp3) is 0.462. The number of hydrogen-bond acceptors (Lipinski definition) is 4. The van der Waals surface area contributed by atoms with Crippen molar-refractivity contribution in [3.8, 4) is 0 Å². The molecule has 1 atom stereocenters. The van der Waals surface area contributed by atoms with Crippen molar-refractivity contribution in [1.82, 2.24) is 4.31 Å². The van der Waals surface area contributed by atoms with Gasteiger partial charge in [-0.15, -0.1) is 0 Å². The number of sulfonamides is 1. The fourth-order valence-corrected chi connectivity index (χ4v) is 4.00. The Bertz CT molecular complexity index is 611. The van der Waals surface area contributed by atoms with Crippen LogP contribution >= 0.6 is 12.2 Å². The predicted octanol–water partition coefficient (Wildman–Crippen LogP) is 0.952. The van der Waals surface area contributed by atoms with Gasteiger partial charge in [-0.25, -0.2) is 12.8 Å². The van der Waals surface area contributed by atoms with E-state index >= 15 is 0 Å². The molecule has 8 heteroatoms. The molecule has 1 saturated heterocycles. The summed E-state index contributed by atoms with van der Waals surface area (Å²) in [7, 11) is -3.49. The van der Waals surface area contributed by atoms with Crippen molar-refractivity contribution < 1.29 is 12.8 Å². The van der Waals surface area contributed by atoms with Crippen molar-refractivity contribution in [3.05, 3.63) is 30.1 Å². The molecule has 0 radical (unpaired) electrons. The van der Waals surface area contributed by atoms with Crippen molar-refractivity contribution in [3.63, 3.8) is 0 Å². The minimum atomic E-state index is -3.49. The minimum Gasteiger partial charge on any atom is -0.392 e. The van der Waals surface area contributed by atoms with Crippen molar-refractivity contribution in [2.45, 2.75) is 12.2 Å². The Labute approximate surface area is 129 Å². The highest BCUT2D eigenvalue weighted by molar-refractivity contribution is 7.92. The fourth-order valence-electron chi connectivity index (χ4n) is 2.22. The van der Waals surface area contributed by atoms with Gasteiger partial charge < -0.3 is 10.6 Å². The molecule has 0 amide bonds. The van der Waals surface area contributed by atoms with Crippen molar-refractivity contribution >= 4 is 32.9 Å². The molecule has 2 rings (SSSR count). The van der Waals surface area contributed by atoms with Crippen LogP contribution in [-0.4, -0.2) is 49.1 Å². The Morgan fingerprint density at radius 3 is 2.24 bits per heavy atom. The lowest BCUT2D eigenvalue weighted by atomic mass is 10.2. The molecular formula is C13H18FN3O2S2. The zero-order valence-corrected chi connectivity index (χ0v) is 13.3.